The average Bonchev–Trinajstić information content (AvgIpc) is 2.70. The van der Waals surface area contributed by atoms with Crippen LogP contribution in [0.3, 0.4) is 0 Å². The van der Waals surface area contributed by atoms with Crippen LogP contribution in [0.4, 0.5) is 0 Å². The fourth-order valence-corrected chi connectivity index (χ4v) is 2.13. The lowest BCUT2D eigenvalue weighted by atomic mass is 9.97. The van der Waals surface area contributed by atoms with Gasteiger partial charge in [-0.15, -0.1) is 6.58 Å². The molecule has 2 aliphatic heterocycles. The van der Waals surface area contributed by atoms with Crippen LogP contribution in [0.5, 0.6) is 0 Å². The number of hydrogen-bond acceptors (Lipinski definition) is 5. The maximum absolute atomic E-state index is 12.0. The lowest BCUT2D eigenvalue weighted by Gasteiger charge is -2.26. The molecular formula is C14H22O5. The molecule has 2 rings (SSSR count). The normalized spacial score (nSPS) is 36.9. The zero-order valence-electron chi connectivity index (χ0n) is 12.1. The Bertz CT molecular complexity index is 382. The van der Waals surface area contributed by atoms with Gasteiger partial charge in [0.05, 0.1) is 5.41 Å². The predicted octanol–water partition coefficient (Wildman–Crippen LogP) is 2.01. The second kappa shape index (κ2) is 4.58. The van der Waals surface area contributed by atoms with Crippen LogP contribution < -0.4 is 0 Å². The highest BCUT2D eigenvalue weighted by Crippen LogP contribution is 2.39. The molecule has 0 spiro atoms. The fraction of sp³-hybridized carbons (Fsp3) is 0.786. The summed E-state index contributed by atoms with van der Waals surface area (Å²) in [7, 11) is 0. The van der Waals surface area contributed by atoms with Crippen LogP contribution in [0.15, 0.2) is 12.7 Å². The Morgan fingerprint density at radius 2 is 1.95 bits per heavy atom. The Kier molecular flexibility index (Phi) is 3.49. The average molecular weight is 270 g/mol. The highest BCUT2D eigenvalue weighted by molar-refractivity contribution is 5.75. The first-order chi connectivity index (χ1) is 8.64. The molecule has 2 saturated heterocycles. The van der Waals surface area contributed by atoms with Gasteiger partial charge in [-0.2, -0.15) is 0 Å². The van der Waals surface area contributed by atoms with Gasteiger partial charge in [0.1, 0.15) is 6.10 Å². The number of hydrogen-bond donors (Lipinski definition) is 0. The van der Waals surface area contributed by atoms with E-state index in [0.717, 1.165) is 0 Å². The van der Waals surface area contributed by atoms with E-state index in [1.54, 1.807) is 19.9 Å². The Morgan fingerprint density at radius 3 is 2.47 bits per heavy atom. The van der Waals surface area contributed by atoms with Crippen LogP contribution >= 0.6 is 0 Å². The molecule has 0 N–H and O–H groups in total. The molecular weight excluding hydrogens is 248 g/mol. The molecule has 4 atom stereocenters. The molecule has 0 unspecified atom stereocenters. The summed E-state index contributed by atoms with van der Waals surface area (Å²) in [5.41, 5.74) is -0.571. The molecule has 19 heavy (non-hydrogen) atoms. The van der Waals surface area contributed by atoms with E-state index in [0.29, 0.717) is 0 Å². The third-order valence-corrected chi connectivity index (χ3v) is 3.11. The summed E-state index contributed by atoms with van der Waals surface area (Å²) >= 11 is 0. The van der Waals surface area contributed by atoms with Crippen LogP contribution in [0.25, 0.3) is 0 Å². The van der Waals surface area contributed by atoms with Crippen molar-refractivity contribution in [3.05, 3.63) is 12.7 Å². The van der Waals surface area contributed by atoms with E-state index in [2.05, 4.69) is 6.58 Å². The molecule has 0 aromatic carbocycles. The number of fused-ring (bicyclic) bond motifs is 1. The van der Waals surface area contributed by atoms with Gasteiger partial charge in [0.25, 0.3) is 0 Å². The van der Waals surface area contributed by atoms with E-state index in [9.17, 15) is 4.79 Å². The minimum absolute atomic E-state index is 0.290. The first kappa shape index (κ1) is 14.5. The molecule has 108 valence electrons. The Morgan fingerprint density at radius 1 is 1.32 bits per heavy atom. The standard InChI is InChI=1S/C14H22O5/c1-7-8-9(17-12(15)13(2,3)4)10-11(16-8)19-14(5,6)18-10/h7-11H,1H2,2-6H3/t8-,9+,10-,11-/m1/s1. The summed E-state index contributed by atoms with van der Waals surface area (Å²) in [6.45, 7) is 12.7. The Balaban J connectivity index is 2.13. The van der Waals surface area contributed by atoms with Crippen LogP contribution in [0.1, 0.15) is 34.6 Å². The molecule has 5 heteroatoms. The smallest absolute Gasteiger partial charge is 0.311 e. The second-order valence-electron chi connectivity index (χ2n) is 6.42. The molecule has 0 aromatic heterocycles. The predicted molar refractivity (Wildman–Crippen MR) is 68.2 cm³/mol. The minimum Gasteiger partial charge on any atom is -0.456 e. The summed E-state index contributed by atoms with van der Waals surface area (Å²) in [6, 6.07) is 0. The molecule has 2 heterocycles. The lowest BCUT2D eigenvalue weighted by Crippen LogP contribution is -2.40. The van der Waals surface area contributed by atoms with Crippen molar-refractivity contribution in [2.24, 2.45) is 5.41 Å². The number of esters is 1. The summed E-state index contributed by atoms with van der Waals surface area (Å²) in [4.78, 5) is 12.0. The molecule has 0 bridgehead atoms. The molecule has 0 aromatic rings. The highest BCUT2D eigenvalue weighted by atomic mass is 16.8. The maximum atomic E-state index is 12.0. The van der Waals surface area contributed by atoms with Crippen LogP contribution in [0.2, 0.25) is 0 Å². The van der Waals surface area contributed by atoms with Crippen molar-refractivity contribution in [1.29, 1.82) is 0 Å². The first-order valence-electron chi connectivity index (χ1n) is 6.49. The van der Waals surface area contributed by atoms with Gasteiger partial charge in [0.2, 0.25) is 0 Å². The van der Waals surface area contributed by atoms with Crippen molar-refractivity contribution < 1.29 is 23.7 Å². The van der Waals surface area contributed by atoms with Crippen molar-refractivity contribution >= 4 is 5.97 Å². The zero-order chi connectivity index (χ0) is 14.4. The third kappa shape index (κ3) is 2.83. The number of rotatable bonds is 2. The third-order valence-electron chi connectivity index (χ3n) is 3.11. The number of ether oxygens (including phenoxy) is 4. The fourth-order valence-electron chi connectivity index (χ4n) is 2.13. The van der Waals surface area contributed by atoms with Gasteiger partial charge < -0.3 is 18.9 Å². The molecule has 2 fully saturated rings. The van der Waals surface area contributed by atoms with Gasteiger partial charge in [-0.05, 0) is 34.6 Å². The van der Waals surface area contributed by atoms with E-state index in [1.807, 2.05) is 20.8 Å². The molecule has 0 saturated carbocycles. The van der Waals surface area contributed by atoms with Crippen molar-refractivity contribution in [3.8, 4) is 0 Å². The van der Waals surface area contributed by atoms with E-state index in [4.69, 9.17) is 18.9 Å². The highest BCUT2D eigenvalue weighted by Gasteiger charge is 2.56. The lowest BCUT2D eigenvalue weighted by molar-refractivity contribution is -0.214. The van der Waals surface area contributed by atoms with Crippen molar-refractivity contribution in [2.75, 3.05) is 0 Å². The van der Waals surface area contributed by atoms with E-state index in [1.165, 1.54) is 0 Å². The van der Waals surface area contributed by atoms with Gasteiger partial charge >= 0.3 is 5.97 Å². The topological polar surface area (TPSA) is 54.0 Å². The van der Waals surface area contributed by atoms with E-state index < -0.39 is 35.8 Å². The van der Waals surface area contributed by atoms with Gasteiger partial charge in [0, 0.05) is 0 Å². The number of carbonyl (C=O) groups is 1. The van der Waals surface area contributed by atoms with Crippen LogP contribution in [-0.2, 0) is 23.7 Å². The zero-order valence-corrected chi connectivity index (χ0v) is 12.1. The second-order valence-corrected chi connectivity index (χ2v) is 6.42. The number of carbonyl (C=O) groups excluding carboxylic acids is 1. The quantitative estimate of drug-likeness (QED) is 0.567. The summed E-state index contributed by atoms with van der Waals surface area (Å²) in [5.74, 6) is -1.02. The van der Waals surface area contributed by atoms with Gasteiger partial charge in [0.15, 0.2) is 24.3 Å². The van der Waals surface area contributed by atoms with E-state index >= 15 is 0 Å². The Hall–Kier alpha value is -0.910. The SMILES string of the molecule is C=C[C@H]1O[C@@H]2OC(C)(C)O[C@@H]2[C@H]1OC(=O)C(C)(C)C. The van der Waals surface area contributed by atoms with Crippen LogP contribution in [0, 0.1) is 5.41 Å². The minimum atomic E-state index is -0.728. The summed E-state index contributed by atoms with van der Waals surface area (Å²) in [6.07, 6.45) is -0.244. The molecule has 0 radical (unpaired) electrons. The van der Waals surface area contributed by atoms with Gasteiger partial charge in [-0.1, -0.05) is 6.08 Å². The largest absolute Gasteiger partial charge is 0.456 e. The molecule has 2 aliphatic rings. The van der Waals surface area contributed by atoms with Gasteiger partial charge in [-0.25, -0.2) is 0 Å². The molecule has 0 aliphatic carbocycles. The Labute approximate surface area is 113 Å². The first-order valence-corrected chi connectivity index (χ1v) is 6.49. The van der Waals surface area contributed by atoms with Crippen molar-refractivity contribution in [3.63, 3.8) is 0 Å². The summed E-state index contributed by atoms with van der Waals surface area (Å²) < 4.78 is 22.6. The monoisotopic (exact) mass is 270 g/mol. The van der Waals surface area contributed by atoms with E-state index in [-0.39, 0.29) is 5.97 Å². The van der Waals surface area contributed by atoms with Crippen molar-refractivity contribution in [1.82, 2.24) is 0 Å². The molecule has 0 amide bonds. The molecule has 5 nitrogen and oxygen atoms in total. The van der Waals surface area contributed by atoms with Crippen molar-refractivity contribution in [2.45, 2.75) is 65.0 Å². The maximum Gasteiger partial charge on any atom is 0.311 e. The van der Waals surface area contributed by atoms with Crippen LogP contribution in [-0.4, -0.2) is 36.4 Å². The van der Waals surface area contributed by atoms with Gasteiger partial charge in [-0.3, -0.25) is 4.79 Å². The summed E-state index contributed by atoms with van der Waals surface area (Å²) in [5, 5.41) is 0.